The van der Waals surface area contributed by atoms with Gasteiger partial charge in [0.15, 0.2) is 0 Å². The lowest BCUT2D eigenvalue weighted by Gasteiger charge is -2.22. The molecule has 0 aromatic heterocycles. The molecule has 168 valence electrons. The molecule has 2 atom stereocenters. The van der Waals surface area contributed by atoms with Gasteiger partial charge >= 0.3 is 12.1 Å². The third-order valence-corrected chi connectivity index (χ3v) is 6.36. The minimum Gasteiger partial charge on any atom is -0.480 e. The van der Waals surface area contributed by atoms with E-state index in [0.717, 1.165) is 11.1 Å². The summed E-state index contributed by atoms with van der Waals surface area (Å²) in [6.45, 7) is 2.52. The van der Waals surface area contributed by atoms with Crippen LogP contribution in [0, 0.1) is 0 Å². The molecular formula is C25H28N2O5. The second kappa shape index (κ2) is 9.42. The Morgan fingerprint density at radius 3 is 2.34 bits per heavy atom. The number of carbonyl (C=O) groups is 3. The average Bonchev–Trinajstić information content (AvgIpc) is 3.40. The number of amides is 2. The predicted molar refractivity (Wildman–Crippen MR) is 119 cm³/mol. The molecular weight excluding hydrogens is 408 g/mol. The predicted octanol–water partition coefficient (Wildman–Crippen LogP) is 3.77. The zero-order valence-corrected chi connectivity index (χ0v) is 18.1. The maximum atomic E-state index is 12.4. The van der Waals surface area contributed by atoms with Crippen molar-refractivity contribution >= 4 is 18.0 Å². The number of carbonyl (C=O) groups excluding carboxylic acids is 2. The molecule has 2 aliphatic rings. The van der Waals surface area contributed by atoms with Gasteiger partial charge in [-0.1, -0.05) is 48.5 Å². The Labute approximate surface area is 187 Å². The Hall–Kier alpha value is -3.35. The van der Waals surface area contributed by atoms with Crippen LogP contribution in [0.1, 0.15) is 49.7 Å². The molecule has 0 bridgehead atoms. The molecule has 4 rings (SSSR count). The van der Waals surface area contributed by atoms with Gasteiger partial charge in [-0.3, -0.25) is 4.79 Å². The third-order valence-electron chi connectivity index (χ3n) is 6.36. The fourth-order valence-electron chi connectivity index (χ4n) is 4.72. The first-order valence-corrected chi connectivity index (χ1v) is 11.1. The molecule has 1 saturated heterocycles. The van der Waals surface area contributed by atoms with Crippen molar-refractivity contribution in [3.05, 3.63) is 59.7 Å². The van der Waals surface area contributed by atoms with E-state index in [1.54, 1.807) is 0 Å². The third kappa shape index (κ3) is 4.47. The number of nitrogens with zero attached hydrogens (tertiary/aromatic N) is 1. The van der Waals surface area contributed by atoms with Crippen LogP contribution in [-0.2, 0) is 14.3 Å². The van der Waals surface area contributed by atoms with Gasteiger partial charge < -0.3 is 20.1 Å². The van der Waals surface area contributed by atoms with Crippen molar-refractivity contribution < 1.29 is 24.2 Å². The van der Waals surface area contributed by atoms with Crippen molar-refractivity contribution in [2.24, 2.45) is 0 Å². The van der Waals surface area contributed by atoms with Gasteiger partial charge in [0.1, 0.15) is 12.6 Å². The minimum absolute atomic E-state index is 0.00634. The summed E-state index contributed by atoms with van der Waals surface area (Å²) < 4.78 is 5.54. The molecule has 32 heavy (non-hydrogen) atoms. The number of hydrogen-bond acceptors (Lipinski definition) is 4. The Bertz CT molecular complexity index is 975. The summed E-state index contributed by atoms with van der Waals surface area (Å²) in [5, 5.41) is 12.0. The Balaban J connectivity index is 1.27. The lowest BCUT2D eigenvalue weighted by atomic mass is 9.98. The van der Waals surface area contributed by atoms with Gasteiger partial charge in [-0.15, -0.1) is 0 Å². The zero-order valence-electron chi connectivity index (χ0n) is 18.1. The fraction of sp³-hybridized carbons (Fsp3) is 0.400. The van der Waals surface area contributed by atoms with E-state index < -0.39 is 18.1 Å². The molecule has 1 fully saturated rings. The normalized spacial score (nSPS) is 18.0. The summed E-state index contributed by atoms with van der Waals surface area (Å²) in [6.07, 6.45) is 1.29. The number of alkyl carbamates (subject to hydrolysis) is 1. The maximum Gasteiger partial charge on any atom is 0.407 e. The molecule has 2 unspecified atom stereocenters. The van der Waals surface area contributed by atoms with Crippen LogP contribution in [0.3, 0.4) is 0 Å². The van der Waals surface area contributed by atoms with Gasteiger partial charge in [-0.05, 0) is 48.4 Å². The van der Waals surface area contributed by atoms with E-state index in [1.807, 2.05) is 31.2 Å². The number of benzene rings is 2. The fourth-order valence-corrected chi connectivity index (χ4v) is 4.72. The number of likely N-dealkylation sites (tertiary alicyclic amines) is 1. The Morgan fingerprint density at radius 1 is 1.09 bits per heavy atom. The topological polar surface area (TPSA) is 95.9 Å². The van der Waals surface area contributed by atoms with Gasteiger partial charge in [0.25, 0.3) is 0 Å². The summed E-state index contributed by atoms with van der Waals surface area (Å²) in [7, 11) is 0. The summed E-state index contributed by atoms with van der Waals surface area (Å²) in [6, 6.07) is 15.3. The van der Waals surface area contributed by atoms with E-state index in [0.29, 0.717) is 25.8 Å². The van der Waals surface area contributed by atoms with Crippen LogP contribution in [-0.4, -0.2) is 53.2 Å². The van der Waals surface area contributed by atoms with E-state index in [2.05, 4.69) is 29.6 Å². The van der Waals surface area contributed by atoms with E-state index in [-0.39, 0.29) is 30.9 Å². The van der Waals surface area contributed by atoms with E-state index in [4.69, 9.17) is 4.74 Å². The van der Waals surface area contributed by atoms with Crippen LogP contribution in [0.25, 0.3) is 11.1 Å². The highest BCUT2D eigenvalue weighted by atomic mass is 16.5. The molecule has 1 aliphatic heterocycles. The second-order valence-electron chi connectivity index (χ2n) is 8.49. The molecule has 2 aromatic carbocycles. The summed E-state index contributed by atoms with van der Waals surface area (Å²) in [5.74, 6) is -1.15. The van der Waals surface area contributed by atoms with Gasteiger partial charge in [0, 0.05) is 24.9 Å². The molecule has 0 spiro atoms. The van der Waals surface area contributed by atoms with E-state index in [1.165, 1.54) is 16.0 Å². The van der Waals surface area contributed by atoms with Crippen molar-refractivity contribution in [3.8, 4) is 11.1 Å². The van der Waals surface area contributed by atoms with Gasteiger partial charge in [-0.25, -0.2) is 9.59 Å². The maximum absolute atomic E-state index is 12.4. The molecule has 2 aromatic rings. The Kier molecular flexibility index (Phi) is 6.44. The SMILES string of the molecule is CC(CCC(=O)N1CCCC1C(=O)O)NC(=O)OCC1c2ccccc2-c2ccccc21. The van der Waals surface area contributed by atoms with Crippen LogP contribution >= 0.6 is 0 Å². The average molecular weight is 437 g/mol. The largest absolute Gasteiger partial charge is 0.480 e. The van der Waals surface area contributed by atoms with Crippen molar-refractivity contribution in [1.82, 2.24) is 10.2 Å². The number of nitrogens with one attached hydrogen (secondary N) is 1. The smallest absolute Gasteiger partial charge is 0.407 e. The highest BCUT2D eigenvalue weighted by molar-refractivity contribution is 5.84. The molecule has 7 heteroatoms. The van der Waals surface area contributed by atoms with Crippen molar-refractivity contribution in [2.75, 3.05) is 13.2 Å². The number of carboxylic acids is 1. The van der Waals surface area contributed by atoms with Gasteiger partial charge in [-0.2, -0.15) is 0 Å². The quantitative estimate of drug-likeness (QED) is 0.689. The lowest BCUT2D eigenvalue weighted by molar-refractivity contribution is -0.148. The zero-order chi connectivity index (χ0) is 22.7. The summed E-state index contributed by atoms with van der Waals surface area (Å²) in [5.41, 5.74) is 4.65. The number of fused-ring (bicyclic) bond motifs is 3. The number of carboxylic acid groups (broad SMARTS) is 1. The monoisotopic (exact) mass is 436 g/mol. The molecule has 0 saturated carbocycles. The van der Waals surface area contributed by atoms with E-state index >= 15 is 0 Å². The summed E-state index contributed by atoms with van der Waals surface area (Å²) >= 11 is 0. The number of aliphatic carboxylic acids is 1. The molecule has 2 N–H and O–H groups in total. The van der Waals surface area contributed by atoms with Crippen molar-refractivity contribution in [3.63, 3.8) is 0 Å². The minimum atomic E-state index is -0.958. The van der Waals surface area contributed by atoms with Gasteiger partial charge in [0.05, 0.1) is 0 Å². The number of hydrogen-bond donors (Lipinski definition) is 2. The second-order valence-corrected chi connectivity index (χ2v) is 8.49. The lowest BCUT2D eigenvalue weighted by Crippen LogP contribution is -2.41. The molecule has 1 aliphatic carbocycles. The highest BCUT2D eigenvalue weighted by Gasteiger charge is 2.34. The first-order chi connectivity index (χ1) is 15.5. The van der Waals surface area contributed by atoms with Crippen LogP contribution < -0.4 is 5.32 Å². The van der Waals surface area contributed by atoms with Crippen LogP contribution in [0.4, 0.5) is 4.79 Å². The number of ether oxygens (including phenoxy) is 1. The number of rotatable bonds is 7. The first-order valence-electron chi connectivity index (χ1n) is 11.1. The molecule has 0 radical (unpaired) electrons. The highest BCUT2D eigenvalue weighted by Crippen LogP contribution is 2.44. The van der Waals surface area contributed by atoms with E-state index in [9.17, 15) is 19.5 Å². The van der Waals surface area contributed by atoms with Crippen LogP contribution in [0.5, 0.6) is 0 Å². The van der Waals surface area contributed by atoms with Crippen LogP contribution in [0.2, 0.25) is 0 Å². The first kappa shape index (κ1) is 21.9. The molecule has 1 heterocycles. The summed E-state index contributed by atoms with van der Waals surface area (Å²) in [4.78, 5) is 37.5. The Morgan fingerprint density at radius 2 is 1.72 bits per heavy atom. The van der Waals surface area contributed by atoms with Crippen molar-refractivity contribution in [1.29, 1.82) is 0 Å². The van der Waals surface area contributed by atoms with Crippen molar-refractivity contribution in [2.45, 2.75) is 50.6 Å². The van der Waals surface area contributed by atoms with Crippen LogP contribution in [0.15, 0.2) is 48.5 Å². The van der Waals surface area contributed by atoms with Gasteiger partial charge in [0.2, 0.25) is 5.91 Å². The standard InChI is InChI=1S/C25H28N2O5/c1-16(12-13-23(28)27-14-6-11-22(27)24(29)30)26-25(31)32-15-21-19-9-4-2-7-17(19)18-8-3-5-10-20(18)21/h2-5,7-10,16,21-22H,6,11-15H2,1H3,(H,26,31)(H,29,30). The molecule has 2 amide bonds. The molecule has 7 nitrogen and oxygen atoms in total.